The van der Waals surface area contributed by atoms with Gasteiger partial charge in [0.25, 0.3) is 5.91 Å². The van der Waals surface area contributed by atoms with E-state index in [4.69, 9.17) is 9.15 Å². The topological polar surface area (TPSA) is 68.5 Å². The van der Waals surface area contributed by atoms with Crippen LogP contribution in [0.5, 0.6) is 5.75 Å². The van der Waals surface area contributed by atoms with Crippen LogP contribution in [0.2, 0.25) is 0 Å². The molecule has 0 aliphatic heterocycles. The molecule has 0 saturated carbocycles. The Bertz CT molecular complexity index is 994. The maximum Gasteiger partial charge on any atom is 0.344 e. The molecule has 6 heteroatoms. The molecule has 0 unspecified atom stereocenters. The van der Waals surface area contributed by atoms with Gasteiger partial charge in [-0.1, -0.05) is 0 Å². The van der Waals surface area contributed by atoms with Crippen molar-refractivity contribution in [2.24, 2.45) is 0 Å². The van der Waals surface area contributed by atoms with Crippen molar-refractivity contribution in [3.63, 3.8) is 0 Å². The summed E-state index contributed by atoms with van der Waals surface area (Å²) < 4.78 is 23.5. The molecule has 0 spiro atoms. The van der Waals surface area contributed by atoms with Crippen LogP contribution < -0.4 is 15.7 Å². The van der Waals surface area contributed by atoms with Gasteiger partial charge in [0.1, 0.15) is 11.6 Å². The van der Waals surface area contributed by atoms with Crippen molar-refractivity contribution in [1.29, 1.82) is 0 Å². The molecule has 24 heavy (non-hydrogen) atoms. The predicted molar refractivity (Wildman–Crippen MR) is 88.1 cm³/mol. The van der Waals surface area contributed by atoms with Crippen molar-refractivity contribution in [2.45, 2.75) is 6.92 Å². The van der Waals surface area contributed by atoms with Gasteiger partial charge in [-0.15, -0.1) is 0 Å². The second-order valence-electron chi connectivity index (χ2n) is 5.26. The Kier molecular flexibility index (Phi) is 4.04. The van der Waals surface area contributed by atoms with E-state index < -0.39 is 17.3 Å². The molecule has 1 amide bonds. The Morgan fingerprint density at radius 3 is 2.67 bits per heavy atom. The van der Waals surface area contributed by atoms with Crippen LogP contribution in [0.1, 0.15) is 16.1 Å². The summed E-state index contributed by atoms with van der Waals surface area (Å²) in [4.78, 5) is 24.3. The monoisotopic (exact) mass is 327 g/mol. The normalized spacial score (nSPS) is 10.6. The highest BCUT2D eigenvalue weighted by Crippen LogP contribution is 2.22. The molecule has 0 fully saturated rings. The largest absolute Gasteiger partial charge is 0.497 e. The lowest BCUT2D eigenvalue weighted by atomic mass is 10.1. The van der Waals surface area contributed by atoms with E-state index in [2.05, 4.69) is 5.32 Å². The fourth-order valence-electron chi connectivity index (χ4n) is 2.36. The Hall–Kier alpha value is -3.15. The molecule has 3 rings (SSSR count). The Morgan fingerprint density at radius 2 is 1.96 bits per heavy atom. The van der Waals surface area contributed by atoms with E-state index in [9.17, 15) is 14.0 Å². The average molecular weight is 327 g/mol. The van der Waals surface area contributed by atoms with Gasteiger partial charge in [-0.05, 0) is 60.3 Å². The number of methoxy groups -OCH3 is 1. The third-order valence-corrected chi connectivity index (χ3v) is 3.63. The molecule has 0 atom stereocenters. The summed E-state index contributed by atoms with van der Waals surface area (Å²) in [6.07, 6.45) is 0. The first-order chi connectivity index (χ1) is 11.5. The quantitative estimate of drug-likeness (QED) is 0.799. The van der Waals surface area contributed by atoms with Gasteiger partial charge in [0.2, 0.25) is 0 Å². The molecule has 0 radical (unpaired) electrons. The number of aryl methyl sites for hydroxylation is 1. The molecule has 1 N–H and O–H groups in total. The number of ether oxygens (including phenoxy) is 1. The molecule has 1 aromatic heterocycles. The van der Waals surface area contributed by atoms with E-state index in [0.29, 0.717) is 16.8 Å². The molecule has 0 bridgehead atoms. The van der Waals surface area contributed by atoms with Crippen LogP contribution in [-0.4, -0.2) is 13.0 Å². The zero-order chi connectivity index (χ0) is 17.3. The Morgan fingerprint density at radius 1 is 1.17 bits per heavy atom. The minimum absolute atomic E-state index is 0.187. The van der Waals surface area contributed by atoms with Crippen LogP contribution in [0.15, 0.2) is 51.7 Å². The summed E-state index contributed by atoms with van der Waals surface area (Å²) in [5.41, 5.74) is 0.656. The Balaban J connectivity index is 1.95. The van der Waals surface area contributed by atoms with Crippen LogP contribution >= 0.6 is 0 Å². The maximum atomic E-state index is 13.3. The second-order valence-corrected chi connectivity index (χ2v) is 5.26. The first kappa shape index (κ1) is 15.7. The number of benzene rings is 2. The van der Waals surface area contributed by atoms with E-state index in [1.807, 2.05) is 6.92 Å². The highest BCUT2D eigenvalue weighted by atomic mass is 19.1. The number of rotatable bonds is 3. The van der Waals surface area contributed by atoms with Crippen LogP contribution in [0.3, 0.4) is 0 Å². The number of amides is 1. The summed E-state index contributed by atoms with van der Waals surface area (Å²) in [6.45, 7) is 1.81. The number of carbonyl (C=O) groups is 1. The van der Waals surface area contributed by atoms with Gasteiger partial charge in [0.15, 0.2) is 5.76 Å². The van der Waals surface area contributed by atoms with E-state index in [1.165, 1.54) is 24.3 Å². The van der Waals surface area contributed by atoms with Crippen molar-refractivity contribution < 1.29 is 18.3 Å². The van der Waals surface area contributed by atoms with Crippen molar-refractivity contribution in [3.05, 3.63) is 70.0 Å². The van der Waals surface area contributed by atoms with Gasteiger partial charge in [0, 0.05) is 5.69 Å². The molecule has 0 saturated heterocycles. The molecule has 3 aromatic rings. The number of anilines is 1. The standard InChI is InChI=1S/C18H14FNO4/c1-10-7-13(23-2)4-6-15(10)20-17(21)16-9-11-8-12(19)3-5-14(11)18(22)24-16/h3-9H,1-2H3,(H,20,21). The Labute approximate surface area is 136 Å². The lowest BCUT2D eigenvalue weighted by molar-refractivity contribution is 0.0993. The lowest BCUT2D eigenvalue weighted by Gasteiger charge is -2.09. The smallest absolute Gasteiger partial charge is 0.344 e. The van der Waals surface area contributed by atoms with Crippen molar-refractivity contribution >= 4 is 22.4 Å². The van der Waals surface area contributed by atoms with E-state index >= 15 is 0 Å². The predicted octanol–water partition coefficient (Wildman–Crippen LogP) is 3.50. The summed E-state index contributed by atoms with van der Waals surface area (Å²) in [5.74, 6) is -0.608. The van der Waals surface area contributed by atoms with Gasteiger partial charge in [0.05, 0.1) is 12.5 Å². The van der Waals surface area contributed by atoms with Gasteiger partial charge in [-0.2, -0.15) is 0 Å². The molecule has 5 nitrogen and oxygen atoms in total. The van der Waals surface area contributed by atoms with Gasteiger partial charge in [-0.25, -0.2) is 9.18 Å². The molecule has 2 aromatic carbocycles. The first-order valence-electron chi connectivity index (χ1n) is 7.17. The summed E-state index contributed by atoms with van der Waals surface area (Å²) in [7, 11) is 1.55. The van der Waals surface area contributed by atoms with E-state index in [1.54, 1.807) is 25.3 Å². The van der Waals surface area contributed by atoms with Gasteiger partial charge < -0.3 is 14.5 Å². The first-order valence-corrected chi connectivity index (χ1v) is 7.17. The molecule has 122 valence electrons. The SMILES string of the molecule is COc1ccc(NC(=O)c2cc3cc(F)ccc3c(=O)o2)c(C)c1. The van der Waals surface area contributed by atoms with Gasteiger partial charge >= 0.3 is 5.63 Å². The third-order valence-electron chi connectivity index (χ3n) is 3.63. The number of carbonyl (C=O) groups excluding carboxylic acids is 1. The zero-order valence-electron chi connectivity index (χ0n) is 13.1. The number of hydrogen-bond donors (Lipinski definition) is 1. The second kappa shape index (κ2) is 6.16. The number of hydrogen-bond acceptors (Lipinski definition) is 4. The minimum Gasteiger partial charge on any atom is -0.497 e. The lowest BCUT2D eigenvalue weighted by Crippen LogP contribution is -2.15. The minimum atomic E-state index is -0.691. The fraction of sp³-hybridized carbons (Fsp3) is 0.111. The molecular weight excluding hydrogens is 313 g/mol. The summed E-state index contributed by atoms with van der Waals surface area (Å²) in [6, 6.07) is 10.2. The molecule has 0 aliphatic carbocycles. The van der Waals surface area contributed by atoms with Gasteiger partial charge in [-0.3, -0.25) is 4.79 Å². The molecule has 0 aliphatic rings. The maximum absolute atomic E-state index is 13.3. The fourth-order valence-corrected chi connectivity index (χ4v) is 2.36. The van der Waals surface area contributed by atoms with Crippen molar-refractivity contribution in [2.75, 3.05) is 12.4 Å². The van der Waals surface area contributed by atoms with Crippen molar-refractivity contribution in [1.82, 2.24) is 0 Å². The highest BCUT2D eigenvalue weighted by molar-refractivity contribution is 6.04. The van der Waals surface area contributed by atoms with Crippen LogP contribution in [0.4, 0.5) is 10.1 Å². The highest BCUT2D eigenvalue weighted by Gasteiger charge is 2.14. The van der Waals surface area contributed by atoms with E-state index in [-0.39, 0.29) is 11.1 Å². The average Bonchev–Trinajstić information content (AvgIpc) is 2.56. The summed E-state index contributed by atoms with van der Waals surface area (Å²) in [5, 5.41) is 3.19. The third kappa shape index (κ3) is 2.99. The molecular formula is C18H14FNO4. The van der Waals surface area contributed by atoms with Crippen molar-refractivity contribution in [3.8, 4) is 5.75 Å². The van der Waals surface area contributed by atoms with Crippen LogP contribution in [-0.2, 0) is 0 Å². The van der Waals surface area contributed by atoms with E-state index in [0.717, 1.165) is 5.56 Å². The number of halogens is 1. The molecule has 1 heterocycles. The van der Waals surface area contributed by atoms with Crippen LogP contribution in [0.25, 0.3) is 10.8 Å². The number of nitrogens with one attached hydrogen (secondary N) is 1. The number of fused-ring (bicyclic) bond motifs is 1. The van der Waals surface area contributed by atoms with Crippen LogP contribution in [0, 0.1) is 12.7 Å². The summed E-state index contributed by atoms with van der Waals surface area (Å²) >= 11 is 0. The zero-order valence-corrected chi connectivity index (χ0v) is 13.1.